The fraction of sp³-hybridized carbons (Fsp3) is 0.368. The highest BCUT2D eigenvalue weighted by Crippen LogP contribution is 2.35. The quantitative estimate of drug-likeness (QED) is 0.715. The van der Waals surface area contributed by atoms with Gasteiger partial charge in [-0.3, -0.25) is 9.36 Å². The van der Waals surface area contributed by atoms with Gasteiger partial charge in [0.25, 0.3) is 5.56 Å². The maximum Gasteiger partial charge on any atom is 0.262 e. The van der Waals surface area contributed by atoms with Gasteiger partial charge in [0.2, 0.25) is 0 Å². The third-order valence-electron chi connectivity index (χ3n) is 4.88. The molecule has 0 spiro atoms. The topological polar surface area (TPSA) is 34.9 Å². The lowest BCUT2D eigenvalue weighted by atomic mass is 9.89. The number of fused-ring (bicyclic) bond motifs is 3. The Morgan fingerprint density at radius 3 is 3.00 bits per heavy atom. The molecule has 0 saturated heterocycles. The number of hydrogen-bond donors (Lipinski definition) is 0. The molecule has 4 heteroatoms. The summed E-state index contributed by atoms with van der Waals surface area (Å²) in [6.07, 6.45) is 4.99. The van der Waals surface area contributed by atoms with E-state index in [1.807, 2.05) is 12.1 Å². The highest BCUT2D eigenvalue weighted by Gasteiger charge is 2.23. The molecular weight excluding hydrogens is 304 g/mol. The number of benzene rings is 1. The van der Waals surface area contributed by atoms with Crippen molar-refractivity contribution in [2.45, 2.75) is 39.7 Å². The molecule has 3 nitrogen and oxygen atoms in total. The van der Waals surface area contributed by atoms with E-state index in [1.54, 1.807) is 22.2 Å². The second-order valence-corrected chi connectivity index (χ2v) is 7.72. The Balaban J connectivity index is 1.82. The van der Waals surface area contributed by atoms with Crippen LogP contribution in [0.3, 0.4) is 0 Å². The minimum atomic E-state index is 0.116. The van der Waals surface area contributed by atoms with Crippen LogP contribution in [0.1, 0.15) is 34.9 Å². The lowest BCUT2D eigenvalue weighted by Crippen LogP contribution is -2.22. The van der Waals surface area contributed by atoms with Gasteiger partial charge in [-0.2, -0.15) is 0 Å². The maximum absolute atomic E-state index is 13.0. The zero-order valence-corrected chi connectivity index (χ0v) is 14.3. The summed E-state index contributed by atoms with van der Waals surface area (Å²) < 4.78 is 1.76. The van der Waals surface area contributed by atoms with Gasteiger partial charge in [0.1, 0.15) is 4.83 Å². The molecule has 23 heavy (non-hydrogen) atoms. The van der Waals surface area contributed by atoms with Crippen molar-refractivity contribution in [3.63, 3.8) is 0 Å². The van der Waals surface area contributed by atoms with E-state index in [9.17, 15) is 4.79 Å². The van der Waals surface area contributed by atoms with Crippen LogP contribution in [0.5, 0.6) is 0 Å². The van der Waals surface area contributed by atoms with Crippen LogP contribution in [0.2, 0.25) is 0 Å². The van der Waals surface area contributed by atoms with E-state index in [0.29, 0.717) is 12.5 Å². The lowest BCUT2D eigenvalue weighted by Gasteiger charge is -2.17. The normalized spacial score (nSPS) is 17.4. The molecule has 2 aromatic heterocycles. The highest BCUT2D eigenvalue weighted by molar-refractivity contribution is 7.18. The van der Waals surface area contributed by atoms with Crippen LogP contribution in [-0.4, -0.2) is 9.55 Å². The standard InChI is InChI=1S/C19H20N2OS/c1-12-7-8-15-16(9-12)23-18-17(15)19(22)21(11-20-18)10-14-6-4-3-5-13(14)2/h3-6,11-12H,7-10H2,1-2H3. The number of thiophene rings is 1. The first-order valence-corrected chi connectivity index (χ1v) is 8.99. The molecule has 2 heterocycles. The molecule has 3 aromatic rings. The molecule has 1 aliphatic carbocycles. The van der Waals surface area contributed by atoms with Gasteiger partial charge in [0.15, 0.2) is 0 Å². The van der Waals surface area contributed by atoms with E-state index in [2.05, 4.69) is 31.0 Å². The van der Waals surface area contributed by atoms with Crippen molar-refractivity contribution in [1.82, 2.24) is 9.55 Å². The Kier molecular flexibility index (Phi) is 3.57. The van der Waals surface area contributed by atoms with Crippen molar-refractivity contribution in [3.05, 3.63) is 62.5 Å². The van der Waals surface area contributed by atoms with Crippen LogP contribution in [0.4, 0.5) is 0 Å². The van der Waals surface area contributed by atoms with Crippen molar-refractivity contribution < 1.29 is 0 Å². The molecule has 0 saturated carbocycles. The Morgan fingerprint density at radius 1 is 1.35 bits per heavy atom. The van der Waals surface area contributed by atoms with Crippen LogP contribution < -0.4 is 5.56 Å². The summed E-state index contributed by atoms with van der Waals surface area (Å²) in [6.45, 7) is 4.97. The third-order valence-corrected chi connectivity index (χ3v) is 6.05. The number of hydrogen-bond acceptors (Lipinski definition) is 3. The van der Waals surface area contributed by atoms with E-state index in [-0.39, 0.29) is 5.56 Å². The monoisotopic (exact) mass is 324 g/mol. The van der Waals surface area contributed by atoms with Crippen LogP contribution in [0.15, 0.2) is 35.4 Å². The zero-order chi connectivity index (χ0) is 16.0. The maximum atomic E-state index is 13.0. The molecule has 0 radical (unpaired) electrons. The van der Waals surface area contributed by atoms with E-state index in [1.165, 1.54) is 28.0 Å². The summed E-state index contributed by atoms with van der Waals surface area (Å²) >= 11 is 1.71. The Labute approximate surface area is 139 Å². The summed E-state index contributed by atoms with van der Waals surface area (Å²) in [5, 5.41) is 0.869. The lowest BCUT2D eigenvalue weighted by molar-refractivity contribution is 0.509. The SMILES string of the molecule is Cc1ccccc1Cn1cnc2sc3c(c2c1=O)CCC(C)C3. The molecule has 0 fully saturated rings. The van der Waals surface area contributed by atoms with Gasteiger partial charge in [-0.1, -0.05) is 31.2 Å². The molecule has 4 rings (SSSR count). The largest absolute Gasteiger partial charge is 0.294 e. The molecule has 0 bridgehead atoms. The van der Waals surface area contributed by atoms with E-state index in [0.717, 1.165) is 23.1 Å². The Hall–Kier alpha value is -1.94. The van der Waals surface area contributed by atoms with Crippen molar-refractivity contribution >= 4 is 21.6 Å². The number of aromatic nitrogens is 2. The molecule has 118 valence electrons. The highest BCUT2D eigenvalue weighted by atomic mass is 32.1. The summed E-state index contributed by atoms with van der Waals surface area (Å²) in [5.41, 5.74) is 3.76. The fourth-order valence-electron chi connectivity index (χ4n) is 3.45. The van der Waals surface area contributed by atoms with Crippen LogP contribution in [0, 0.1) is 12.8 Å². The molecule has 1 atom stereocenters. The predicted octanol–water partition coefficient (Wildman–Crippen LogP) is 3.94. The van der Waals surface area contributed by atoms with Gasteiger partial charge in [0.05, 0.1) is 18.3 Å². The number of aryl methyl sites for hydroxylation is 2. The summed E-state index contributed by atoms with van der Waals surface area (Å²) in [4.78, 5) is 19.9. The molecule has 1 unspecified atom stereocenters. The van der Waals surface area contributed by atoms with Crippen molar-refractivity contribution in [2.75, 3.05) is 0 Å². The Morgan fingerprint density at radius 2 is 2.17 bits per heavy atom. The minimum absolute atomic E-state index is 0.116. The van der Waals surface area contributed by atoms with Gasteiger partial charge in [-0.25, -0.2) is 4.98 Å². The van der Waals surface area contributed by atoms with Gasteiger partial charge in [0, 0.05) is 4.88 Å². The van der Waals surface area contributed by atoms with Crippen molar-refractivity contribution in [1.29, 1.82) is 0 Å². The first kappa shape index (κ1) is 14.6. The first-order chi connectivity index (χ1) is 11.1. The van der Waals surface area contributed by atoms with E-state index in [4.69, 9.17) is 0 Å². The van der Waals surface area contributed by atoms with Crippen LogP contribution in [-0.2, 0) is 19.4 Å². The molecule has 1 aliphatic rings. The van der Waals surface area contributed by atoms with Gasteiger partial charge in [-0.15, -0.1) is 11.3 Å². The molecule has 1 aromatic carbocycles. The van der Waals surface area contributed by atoms with Gasteiger partial charge < -0.3 is 0 Å². The molecule has 0 aliphatic heterocycles. The molecule has 0 amide bonds. The fourth-order valence-corrected chi connectivity index (χ4v) is 4.79. The van der Waals surface area contributed by atoms with E-state index >= 15 is 0 Å². The van der Waals surface area contributed by atoms with Gasteiger partial charge >= 0.3 is 0 Å². The summed E-state index contributed by atoms with van der Waals surface area (Å²) in [7, 11) is 0. The van der Waals surface area contributed by atoms with Crippen molar-refractivity contribution in [2.24, 2.45) is 5.92 Å². The average Bonchev–Trinajstić information content (AvgIpc) is 2.90. The van der Waals surface area contributed by atoms with Crippen molar-refractivity contribution in [3.8, 4) is 0 Å². The second kappa shape index (κ2) is 5.60. The van der Waals surface area contributed by atoms with Crippen LogP contribution >= 0.6 is 11.3 Å². The second-order valence-electron chi connectivity index (χ2n) is 6.64. The van der Waals surface area contributed by atoms with Gasteiger partial charge in [-0.05, 0) is 48.8 Å². The minimum Gasteiger partial charge on any atom is -0.294 e. The van der Waals surface area contributed by atoms with Crippen LogP contribution in [0.25, 0.3) is 10.2 Å². The number of rotatable bonds is 2. The summed E-state index contributed by atoms with van der Waals surface area (Å²) in [6, 6.07) is 8.21. The van der Waals surface area contributed by atoms with E-state index < -0.39 is 0 Å². The molecule has 0 N–H and O–H groups in total. The molecular formula is C19H20N2OS. The predicted molar refractivity (Wildman–Crippen MR) is 95.4 cm³/mol. The first-order valence-electron chi connectivity index (χ1n) is 8.17. The summed E-state index contributed by atoms with van der Waals surface area (Å²) in [5.74, 6) is 0.713. The smallest absolute Gasteiger partial charge is 0.262 e. The number of nitrogens with zero attached hydrogens (tertiary/aromatic N) is 2. The Bertz CT molecular complexity index is 938. The zero-order valence-electron chi connectivity index (χ0n) is 13.5. The third kappa shape index (κ3) is 2.51. The average molecular weight is 324 g/mol.